The van der Waals surface area contributed by atoms with Crippen molar-refractivity contribution in [2.24, 2.45) is 5.73 Å². The summed E-state index contributed by atoms with van der Waals surface area (Å²) < 4.78 is 0. The lowest BCUT2D eigenvalue weighted by Crippen LogP contribution is -2.27. The summed E-state index contributed by atoms with van der Waals surface area (Å²) in [6.07, 6.45) is 2.77. The molecule has 1 aliphatic carbocycles. The normalized spacial score (nSPS) is 17.4. The Bertz CT molecular complexity index is 110. The molecule has 1 aliphatic rings. The largest absolute Gasteiger partial charge is 0.353 e. The highest BCUT2D eigenvalue weighted by Gasteiger charge is 2.22. The number of nitrogens with one attached hydrogen (secondary N) is 1. The number of rotatable bonds is 3. The van der Waals surface area contributed by atoms with Gasteiger partial charge in [-0.3, -0.25) is 4.79 Å². The third kappa shape index (κ3) is 2.46. The minimum absolute atomic E-state index is 0.0972. The molecule has 9 heavy (non-hydrogen) atoms. The second-order valence-electron chi connectivity index (χ2n) is 2.38. The van der Waals surface area contributed by atoms with E-state index in [-0.39, 0.29) is 5.91 Å². The van der Waals surface area contributed by atoms with Crippen LogP contribution in [0.15, 0.2) is 0 Å². The van der Waals surface area contributed by atoms with Crippen molar-refractivity contribution in [3.63, 3.8) is 0 Å². The number of nitrogens with two attached hydrogens (primary N) is 1. The first-order valence-corrected chi connectivity index (χ1v) is 3.32. The molecule has 1 amide bonds. The van der Waals surface area contributed by atoms with E-state index >= 15 is 0 Å². The van der Waals surface area contributed by atoms with Crippen LogP contribution in [-0.2, 0) is 4.79 Å². The highest BCUT2D eigenvalue weighted by atomic mass is 16.1. The monoisotopic (exact) mass is 128 g/mol. The summed E-state index contributed by atoms with van der Waals surface area (Å²) in [7, 11) is 0. The van der Waals surface area contributed by atoms with Crippen molar-refractivity contribution in [2.75, 3.05) is 6.54 Å². The predicted octanol–water partition coefficient (Wildman–Crippen LogP) is -0.386. The molecular weight excluding hydrogens is 116 g/mol. The molecule has 0 heterocycles. The molecule has 3 heteroatoms. The van der Waals surface area contributed by atoms with Crippen molar-refractivity contribution in [1.82, 2.24) is 5.32 Å². The average molecular weight is 128 g/mol. The number of carbonyl (C=O) groups excluding carboxylic acids is 1. The maximum Gasteiger partial charge on any atom is 0.221 e. The van der Waals surface area contributed by atoms with E-state index in [0.717, 1.165) is 12.8 Å². The fourth-order valence-corrected chi connectivity index (χ4v) is 0.659. The van der Waals surface area contributed by atoms with Gasteiger partial charge in [0.2, 0.25) is 5.91 Å². The Hall–Kier alpha value is -0.570. The van der Waals surface area contributed by atoms with Crippen molar-refractivity contribution in [2.45, 2.75) is 25.3 Å². The number of hydrogen-bond acceptors (Lipinski definition) is 2. The molecule has 3 nitrogen and oxygen atoms in total. The van der Waals surface area contributed by atoms with Crippen molar-refractivity contribution >= 4 is 5.91 Å². The Kier molecular flexibility index (Phi) is 2.05. The summed E-state index contributed by atoms with van der Waals surface area (Å²) in [5, 5.41) is 2.84. The lowest BCUT2D eigenvalue weighted by atomic mass is 10.4. The standard InChI is InChI=1S/C6H12N2O/c7-4-3-6(9)8-5-1-2-5/h5H,1-4,7H2,(H,8,9). The van der Waals surface area contributed by atoms with Crippen LogP contribution in [0.5, 0.6) is 0 Å². The maximum absolute atomic E-state index is 10.7. The van der Waals surface area contributed by atoms with Crippen LogP contribution >= 0.6 is 0 Å². The van der Waals surface area contributed by atoms with Crippen LogP contribution in [0.4, 0.5) is 0 Å². The van der Waals surface area contributed by atoms with Gasteiger partial charge in [0.05, 0.1) is 0 Å². The minimum Gasteiger partial charge on any atom is -0.353 e. The first kappa shape index (κ1) is 6.55. The Labute approximate surface area is 54.6 Å². The van der Waals surface area contributed by atoms with E-state index in [1.807, 2.05) is 0 Å². The molecule has 0 aromatic heterocycles. The van der Waals surface area contributed by atoms with Gasteiger partial charge < -0.3 is 11.1 Å². The number of hydrogen-bond donors (Lipinski definition) is 2. The van der Waals surface area contributed by atoms with E-state index in [4.69, 9.17) is 5.73 Å². The van der Waals surface area contributed by atoms with Gasteiger partial charge in [0, 0.05) is 19.0 Å². The fraction of sp³-hybridized carbons (Fsp3) is 0.833. The van der Waals surface area contributed by atoms with Gasteiger partial charge in [0.25, 0.3) is 0 Å². The Morgan fingerprint density at radius 2 is 2.33 bits per heavy atom. The molecule has 0 bridgehead atoms. The van der Waals surface area contributed by atoms with Crippen LogP contribution in [-0.4, -0.2) is 18.5 Å². The molecule has 52 valence electrons. The summed E-state index contributed by atoms with van der Waals surface area (Å²) in [4.78, 5) is 10.7. The second-order valence-corrected chi connectivity index (χ2v) is 2.38. The molecule has 0 saturated heterocycles. The topological polar surface area (TPSA) is 55.1 Å². The first-order valence-electron chi connectivity index (χ1n) is 3.32. The van der Waals surface area contributed by atoms with Crippen LogP contribution < -0.4 is 11.1 Å². The number of carbonyl (C=O) groups is 1. The zero-order valence-electron chi connectivity index (χ0n) is 5.39. The maximum atomic E-state index is 10.7. The van der Waals surface area contributed by atoms with Gasteiger partial charge in [-0.25, -0.2) is 0 Å². The van der Waals surface area contributed by atoms with Crippen molar-refractivity contribution in [1.29, 1.82) is 0 Å². The third-order valence-corrected chi connectivity index (χ3v) is 1.31. The Morgan fingerprint density at radius 1 is 1.67 bits per heavy atom. The van der Waals surface area contributed by atoms with E-state index in [0.29, 0.717) is 19.0 Å². The minimum atomic E-state index is 0.0972. The van der Waals surface area contributed by atoms with Gasteiger partial charge in [-0.2, -0.15) is 0 Å². The molecule has 0 unspecified atom stereocenters. The highest BCUT2D eigenvalue weighted by molar-refractivity contribution is 5.76. The molecule has 0 spiro atoms. The molecule has 0 aliphatic heterocycles. The van der Waals surface area contributed by atoms with Gasteiger partial charge in [-0.05, 0) is 12.8 Å². The average Bonchev–Trinajstić information content (AvgIpc) is 2.50. The zero-order valence-corrected chi connectivity index (χ0v) is 5.39. The molecule has 1 fully saturated rings. The van der Waals surface area contributed by atoms with Crippen LogP contribution in [0.25, 0.3) is 0 Å². The van der Waals surface area contributed by atoms with Crippen molar-refractivity contribution in [3.05, 3.63) is 0 Å². The lowest BCUT2D eigenvalue weighted by Gasteiger charge is -1.98. The van der Waals surface area contributed by atoms with E-state index in [1.165, 1.54) is 0 Å². The smallest absolute Gasteiger partial charge is 0.221 e. The molecule has 1 rings (SSSR count). The van der Waals surface area contributed by atoms with E-state index in [9.17, 15) is 4.79 Å². The van der Waals surface area contributed by atoms with Gasteiger partial charge in [0.1, 0.15) is 0 Å². The summed E-state index contributed by atoms with van der Waals surface area (Å²) in [6.45, 7) is 0.457. The SMILES string of the molecule is NCCC(=O)NC1CC1. The third-order valence-electron chi connectivity index (χ3n) is 1.31. The quantitative estimate of drug-likeness (QED) is 0.544. The number of amides is 1. The molecule has 0 aromatic carbocycles. The fourth-order valence-electron chi connectivity index (χ4n) is 0.659. The van der Waals surface area contributed by atoms with Crippen LogP contribution in [0.3, 0.4) is 0 Å². The van der Waals surface area contributed by atoms with E-state index in [1.54, 1.807) is 0 Å². The highest BCUT2D eigenvalue weighted by Crippen LogP contribution is 2.18. The predicted molar refractivity (Wildman–Crippen MR) is 34.8 cm³/mol. The summed E-state index contributed by atoms with van der Waals surface area (Å²) in [5.41, 5.74) is 5.16. The molecule has 0 radical (unpaired) electrons. The van der Waals surface area contributed by atoms with Crippen molar-refractivity contribution in [3.8, 4) is 0 Å². The van der Waals surface area contributed by atoms with Crippen LogP contribution in [0, 0.1) is 0 Å². The van der Waals surface area contributed by atoms with E-state index < -0.39 is 0 Å². The summed E-state index contributed by atoms with van der Waals surface area (Å²) in [6, 6.07) is 0.476. The van der Waals surface area contributed by atoms with E-state index in [2.05, 4.69) is 5.32 Å². The van der Waals surface area contributed by atoms with Gasteiger partial charge in [0.15, 0.2) is 0 Å². The molecular formula is C6H12N2O. The Balaban J connectivity index is 2.02. The van der Waals surface area contributed by atoms with Gasteiger partial charge in [-0.15, -0.1) is 0 Å². The zero-order chi connectivity index (χ0) is 6.69. The van der Waals surface area contributed by atoms with Gasteiger partial charge in [-0.1, -0.05) is 0 Å². The van der Waals surface area contributed by atoms with Gasteiger partial charge >= 0.3 is 0 Å². The molecule has 0 atom stereocenters. The Morgan fingerprint density at radius 3 is 2.78 bits per heavy atom. The van der Waals surface area contributed by atoms with Crippen LogP contribution in [0.2, 0.25) is 0 Å². The molecule has 3 N–H and O–H groups in total. The second kappa shape index (κ2) is 2.82. The van der Waals surface area contributed by atoms with Crippen molar-refractivity contribution < 1.29 is 4.79 Å². The van der Waals surface area contributed by atoms with Crippen LogP contribution in [0.1, 0.15) is 19.3 Å². The summed E-state index contributed by atoms with van der Waals surface area (Å²) >= 11 is 0. The molecule has 1 saturated carbocycles. The molecule has 0 aromatic rings. The first-order chi connectivity index (χ1) is 4.33. The lowest BCUT2D eigenvalue weighted by molar-refractivity contribution is -0.121. The summed E-state index contributed by atoms with van der Waals surface area (Å²) in [5.74, 6) is 0.0972.